The van der Waals surface area contributed by atoms with Crippen LogP contribution in [-0.2, 0) is 6.54 Å². The van der Waals surface area contributed by atoms with Gasteiger partial charge in [0.2, 0.25) is 0 Å². The van der Waals surface area contributed by atoms with Gasteiger partial charge in [-0.3, -0.25) is 9.69 Å². The van der Waals surface area contributed by atoms with Gasteiger partial charge in [-0.15, -0.1) is 0 Å². The summed E-state index contributed by atoms with van der Waals surface area (Å²) >= 11 is 9.52. The summed E-state index contributed by atoms with van der Waals surface area (Å²) in [7, 11) is 0. The molecular formula is C19H20BrClN2O. The van der Waals surface area contributed by atoms with Gasteiger partial charge in [0.05, 0.1) is 10.6 Å². The van der Waals surface area contributed by atoms with E-state index >= 15 is 0 Å². The van der Waals surface area contributed by atoms with Crippen molar-refractivity contribution in [1.82, 2.24) is 10.2 Å². The molecular weight excluding hydrogens is 388 g/mol. The molecule has 1 saturated heterocycles. The summed E-state index contributed by atoms with van der Waals surface area (Å²) in [6, 6.07) is 16.0. The maximum atomic E-state index is 12.4. The molecule has 1 aliphatic heterocycles. The SMILES string of the molecule is O=C(NC1CCN(Cc2ccccc2)CC1)c1cc(Br)ccc1Cl. The van der Waals surface area contributed by atoms with E-state index in [1.54, 1.807) is 12.1 Å². The van der Waals surface area contributed by atoms with E-state index in [1.165, 1.54) is 5.56 Å². The van der Waals surface area contributed by atoms with Crippen LogP contribution < -0.4 is 5.32 Å². The van der Waals surface area contributed by atoms with Crippen molar-refractivity contribution in [3.05, 3.63) is 69.2 Å². The van der Waals surface area contributed by atoms with Crippen LogP contribution in [-0.4, -0.2) is 29.9 Å². The van der Waals surface area contributed by atoms with Gasteiger partial charge in [-0.05, 0) is 36.6 Å². The van der Waals surface area contributed by atoms with E-state index in [0.717, 1.165) is 36.9 Å². The first-order valence-corrected chi connectivity index (χ1v) is 9.31. The Morgan fingerprint density at radius 1 is 1.17 bits per heavy atom. The molecule has 1 N–H and O–H groups in total. The average Bonchev–Trinajstić information content (AvgIpc) is 2.59. The zero-order valence-corrected chi connectivity index (χ0v) is 15.7. The molecule has 2 aromatic rings. The summed E-state index contributed by atoms with van der Waals surface area (Å²) in [5, 5.41) is 3.60. The minimum Gasteiger partial charge on any atom is -0.349 e. The third kappa shape index (κ3) is 4.59. The minimum absolute atomic E-state index is 0.0946. The predicted octanol–water partition coefficient (Wildman–Crippen LogP) is 4.50. The quantitative estimate of drug-likeness (QED) is 0.809. The molecule has 0 saturated carbocycles. The summed E-state index contributed by atoms with van der Waals surface area (Å²) in [6.07, 6.45) is 1.92. The molecule has 1 aliphatic rings. The Morgan fingerprint density at radius 2 is 1.88 bits per heavy atom. The standard InChI is InChI=1S/C19H20BrClN2O/c20-15-6-7-18(21)17(12-15)19(24)22-16-8-10-23(11-9-16)13-14-4-2-1-3-5-14/h1-7,12,16H,8-11,13H2,(H,22,24). The maximum absolute atomic E-state index is 12.4. The van der Waals surface area contributed by atoms with E-state index in [4.69, 9.17) is 11.6 Å². The molecule has 0 radical (unpaired) electrons. The number of nitrogens with one attached hydrogen (secondary N) is 1. The summed E-state index contributed by atoms with van der Waals surface area (Å²) in [5.41, 5.74) is 1.86. The Labute approximate surface area is 156 Å². The van der Waals surface area contributed by atoms with Crippen LogP contribution in [0.5, 0.6) is 0 Å². The van der Waals surface area contributed by atoms with E-state index in [9.17, 15) is 4.79 Å². The molecule has 2 aromatic carbocycles. The van der Waals surface area contributed by atoms with E-state index in [-0.39, 0.29) is 11.9 Å². The number of likely N-dealkylation sites (tertiary alicyclic amines) is 1. The smallest absolute Gasteiger partial charge is 0.253 e. The minimum atomic E-state index is -0.0946. The van der Waals surface area contributed by atoms with Crippen LogP contribution in [0.2, 0.25) is 5.02 Å². The number of benzene rings is 2. The fourth-order valence-corrected chi connectivity index (χ4v) is 3.58. The lowest BCUT2D eigenvalue weighted by Crippen LogP contribution is -2.44. The van der Waals surface area contributed by atoms with Crippen molar-refractivity contribution in [3.8, 4) is 0 Å². The van der Waals surface area contributed by atoms with Crippen molar-refractivity contribution in [2.75, 3.05) is 13.1 Å². The lowest BCUT2D eigenvalue weighted by Gasteiger charge is -2.32. The van der Waals surface area contributed by atoms with E-state index in [2.05, 4.69) is 50.4 Å². The Balaban J connectivity index is 1.52. The molecule has 3 nitrogen and oxygen atoms in total. The number of piperidine rings is 1. The van der Waals surface area contributed by atoms with E-state index in [0.29, 0.717) is 10.6 Å². The number of amides is 1. The summed E-state index contributed by atoms with van der Waals surface area (Å²) in [5.74, 6) is -0.0946. The van der Waals surface area contributed by atoms with Crippen molar-refractivity contribution in [2.45, 2.75) is 25.4 Å². The van der Waals surface area contributed by atoms with Crippen molar-refractivity contribution in [3.63, 3.8) is 0 Å². The van der Waals surface area contributed by atoms with Gasteiger partial charge in [0.15, 0.2) is 0 Å². The largest absolute Gasteiger partial charge is 0.349 e. The fraction of sp³-hybridized carbons (Fsp3) is 0.316. The lowest BCUT2D eigenvalue weighted by atomic mass is 10.0. The summed E-state index contributed by atoms with van der Waals surface area (Å²) < 4.78 is 0.856. The van der Waals surface area contributed by atoms with Crippen LogP contribution in [0.4, 0.5) is 0 Å². The van der Waals surface area contributed by atoms with Crippen LogP contribution in [0.3, 0.4) is 0 Å². The predicted molar refractivity (Wildman–Crippen MR) is 101 cm³/mol. The second kappa shape index (κ2) is 8.15. The van der Waals surface area contributed by atoms with Crippen LogP contribution in [0.1, 0.15) is 28.8 Å². The van der Waals surface area contributed by atoms with Gasteiger partial charge in [0, 0.05) is 30.1 Å². The fourth-order valence-electron chi connectivity index (χ4n) is 3.01. The van der Waals surface area contributed by atoms with Crippen LogP contribution in [0.25, 0.3) is 0 Å². The molecule has 0 atom stereocenters. The number of hydrogen-bond donors (Lipinski definition) is 1. The van der Waals surface area contributed by atoms with Gasteiger partial charge in [-0.1, -0.05) is 57.9 Å². The third-order valence-electron chi connectivity index (χ3n) is 4.34. The normalized spacial score (nSPS) is 16.1. The monoisotopic (exact) mass is 406 g/mol. The highest BCUT2D eigenvalue weighted by Gasteiger charge is 2.22. The first kappa shape index (κ1) is 17.5. The van der Waals surface area contributed by atoms with Gasteiger partial charge in [0.25, 0.3) is 5.91 Å². The number of carbonyl (C=O) groups excluding carboxylic acids is 1. The Bertz CT molecular complexity index is 700. The highest BCUT2D eigenvalue weighted by atomic mass is 79.9. The first-order valence-electron chi connectivity index (χ1n) is 8.14. The zero-order valence-electron chi connectivity index (χ0n) is 13.3. The van der Waals surface area contributed by atoms with Gasteiger partial charge >= 0.3 is 0 Å². The molecule has 0 unspecified atom stereocenters. The maximum Gasteiger partial charge on any atom is 0.253 e. The second-order valence-electron chi connectivity index (χ2n) is 6.13. The van der Waals surface area contributed by atoms with Gasteiger partial charge in [0.1, 0.15) is 0 Å². The highest BCUT2D eigenvalue weighted by molar-refractivity contribution is 9.10. The van der Waals surface area contributed by atoms with Gasteiger partial charge in [-0.25, -0.2) is 0 Å². The van der Waals surface area contributed by atoms with Gasteiger partial charge < -0.3 is 5.32 Å². The number of rotatable bonds is 4. The molecule has 1 fully saturated rings. The molecule has 5 heteroatoms. The zero-order chi connectivity index (χ0) is 16.9. The first-order chi connectivity index (χ1) is 11.6. The Kier molecular flexibility index (Phi) is 5.93. The molecule has 0 bridgehead atoms. The van der Waals surface area contributed by atoms with Crippen LogP contribution in [0.15, 0.2) is 53.0 Å². The molecule has 3 rings (SSSR count). The average molecular weight is 408 g/mol. The number of hydrogen-bond acceptors (Lipinski definition) is 2. The topological polar surface area (TPSA) is 32.3 Å². The van der Waals surface area contributed by atoms with Crippen LogP contribution >= 0.6 is 27.5 Å². The Hall–Kier alpha value is -1.36. The molecule has 1 heterocycles. The molecule has 0 aliphatic carbocycles. The highest BCUT2D eigenvalue weighted by Crippen LogP contribution is 2.22. The molecule has 1 amide bonds. The molecule has 0 aromatic heterocycles. The van der Waals surface area contributed by atoms with Crippen molar-refractivity contribution in [1.29, 1.82) is 0 Å². The Morgan fingerprint density at radius 3 is 2.58 bits per heavy atom. The van der Waals surface area contributed by atoms with E-state index in [1.807, 2.05) is 12.1 Å². The lowest BCUT2D eigenvalue weighted by molar-refractivity contribution is 0.0909. The third-order valence-corrected chi connectivity index (χ3v) is 5.17. The number of carbonyl (C=O) groups is 1. The van der Waals surface area contributed by atoms with Crippen molar-refractivity contribution in [2.24, 2.45) is 0 Å². The van der Waals surface area contributed by atoms with E-state index < -0.39 is 0 Å². The summed E-state index contributed by atoms with van der Waals surface area (Å²) in [4.78, 5) is 14.9. The van der Waals surface area contributed by atoms with Crippen LogP contribution in [0, 0.1) is 0 Å². The number of halogens is 2. The number of nitrogens with zero attached hydrogens (tertiary/aromatic N) is 1. The van der Waals surface area contributed by atoms with Crippen molar-refractivity contribution >= 4 is 33.4 Å². The molecule has 0 spiro atoms. The summed E-state index contributed by atoms with van der Waals surface area (Å²) in [6.45, 7) is 2.96. The van der Waals surface area contributed by atoms with Crippen molar-refractivity contribution < 1.29 is 4.79 Å². The van der Waals surface area contributed by atoms with Gasteiger partial charge in [-0.2, -0.15) is 0 Å². The second-order valence-corrected chi connectivity index (χ2v) is 7.46. The molecule has 24 heavy (non-hydrogen) atoms. The molecule has 126 valence electrons.